The molecule has 0 bridgehead atoms. The van der Waals surface area contributed by atoms with Crippen molar-refractivity contribution < 1.29 is 9.90 Å². The summed E-state index contributed by atoms with van der Waals surface area (Å²) in [4.78, 5) is 15.9. The van der Waals surface area contributed by atoms with Gasteiger partial charge in [-0.15, -0.1) is 0 Å². The van der Waals surface area contributed by atoms with Crippen molar-refractivity contribution in [3.63, 3.8) is 0 Å². The second kappa shape index (κ2) is 5.68. The highest BCUT2D eigenvalue weighted by Crippen LogP contribution is 2.21. The van der Waals surface area contributed by atoms with Crippen LogP contribution in [0.1, 0.15) is 23.0 Å². The van der Waals surface area contributed by atoms with Gasteiger partial charge >= 0.3 is 0 Å². The molecule has 0 saturated carbocycles. The number of aryl methyl sites for hydroxylation is 1. The van der Waals surface area contributed by atoms with Gasteiger partial charge < -0.3 is 5.11 Å². The molecule has 2 heterocycles. The highest BCUT2D eigenvalue weighted by Gasteiger charge is 2.18. The van der Waals surface area contributed by atoms with Gasteiger partial charge in [-0.2, -0.15) is 15.2 Å². The van der Waals surface area contributed by atoms with Crippen LogP contribution in [-0.4, -0.2) is 36.0 Å². The predicted molar refractivity (Wildman–Crippen MR) is 78.9 cm³/mol. The minimum absolute atomic E-state index is 0.0812. The van der Waals surface area contributed by atoms with Crippen molar-refractivity contribution in [3.8, 4) is 11.4 Å². The molecular weight excluding hydrogens is 284 g/mol. The summed E-state index contributed by atoms with van der Waals surface area (Å²) in [7, 11) is 0. The van der Waals surface area contributed by atoms with Crippen LogP contribution in [0, 0.1) is 0 Å². The van der Waals surface area contributed by atoms with Crippen molar-refractivity contribution in [3.05, 3.63) is 48.0 Å². The maximum atomic E-state index is 12.1. The van der Waals surface area contributed by atoms with Gasteiger partial charge in [0.1, 0.15) is 6.33 Å². The number of para-hydroxylation sites is 1. The molecule has 3 N–H and O–H groups in total. The van der Waals surface area contributed by atoms with Crippen molar-refractivity contribution in [2.24, 2.45) is 0 Å². The van der Waals surface area contributed by atoms with E-state index in [4.69, 9.17) is 0 Å². The van der Waals surface area contributed by atoms with E-state index in [1.165, 1.54) is 17.2 Å². The summed E-state index contributed by atoms with van der Waals surface area (Å²) in [5.74, 6) is -0.585. The van der Waals surface area contributed by atoms with Crippen LogP contribution in [0.5, 0.6) is 5.75 Å². The van der Waals surface area contributed by atoms with Gasteiger partial charge in [-0.1, -0.05) is 25.1 Å². The fourth-order valence-corrected chi connectivity index (χ4v) is 2.12. The first-order valence-corrected chi connectivity index (χ1v) is 6.72. The molecule has 3 rings (SSSR count). The van der Waals surface area contributed by atoms with Gasteiger partial charge in [0.15, 0.2) is 11.4 Å². The van der Waals surface area contributed by atoms with Gasteiger partial charge in [0.25, 0.3) is 5.91 Å². The number of carbonyl (C=O) groups excluding carboxylic acids is 1. The third-order valence-corrected chi connectivity index (χ3v) is 3.18. The second-order valence-corrected chi connectivity index (χ2v) is 4.58. The Morgan fingerprint density at radius 3 is 2.95 bits per heavy atom. The van der Waals surface area contributed by atoms with Crippen LogP contribution < -0.4 is 5.32 Å². The number of anilines is 1. The Hall–Kier alpha value is -3.16. The van der Waals surface area contributed by atoms with Crippen LogP contribution in [0.4, 0.5) is 5.95 Å². The number of H-pyrrole nitrogens is 1. The molecule has 0 spiro atoms. The minimum atomic E-state index is -0.568. The Labute approximate surface area is 125 Å². The van der Waals surface area contributed by atoms with Crippen LogP contribution in [0.15, 0.2) is 36.8 Å². The molecule has 0 aliphatic carbocycles. The SMILES string of the molecule is CCc1ccccc1-n1cc(O)c(C(=O)Nc2ncn[nH]2)n1. The van der Waals surface area contributed by atoms with E-state index in [1.54, 1.807) is 0 Å². The maximum absolute atomic E-state index is 12.1. The van der Waals surface area contributed by atoms with E-state index in [-0.39, 0.29) is 17.4 Å². The van der Waals surface area contributed by atoms with Crippen LogP contribution in [0.3, 0.4) is 0 Å². The molecule has 0 aliphatic rings. The van der Waals surface area contributed by atoms with Crippen LogP contribution in [0.25, 0.3) is 5.69 Å². The summed E-state index contributed by atoms with van der Waals surface area (Å²) < 4.78 is 1.49. The predicted octanol–water partition coefficient (Wildman–Crippen LogP) is 1.51. The number of carbonyl (C=O) groups is 1. The molecule has 1 amide bonds. The number of hydrogen-bond acceptors (Lipinski definition) is 5. The van der Waals surface area contributed by atoms with Gasteiger partial charge in [-0.25, -0.2) is 9.78 Å². The Bertz CT molecular complexity index is 794. The summed E-state index contributed by atoms with van der Waals surface area (Å²) in [6, 6.07) is 7.66. The normalized spacial score (nSPS) is 10.6. The van der Waals surface area contributed by atoms with Gasteiger partial charge in [0, 0.05) is 0 Å². The molecule has 0 atom stereocenters. The molecule has 0 radical (unpaired) electrons. The zero-order valence-electron chi connectivity index (χ0n) is 11.8. The smallest absolute Gasteiger partial charge is 0.282 e. The highest BCUT2D eigenvalue weighted by atomic mass is 16.3. The molecule has 8 heteroatoms. The van der Waals surface area contributed by atoms with Gasteiger partial charge in [0.05, 0.1) is 11.9 Å². The lowest BCUT2D eigenvalue weighted by molar-refractivity contribution is 0.101. The van der Waals surface area contributed by atoms with Crippen LogP contribution >= 0.6 is 0 Å². The molecule has 112 valence electrons. The minimum Gasteiger partial charge on any atom is -0.504 e. The van der Waals surface area contributed by atoms with E-state index >= 15 is 0 Å². The summed E-state index contributed by atoms with van der Waals surface area (Å²) in [5.41, 5.74) is 1.80. The topological polar surface area (TPSA) is 109 Å². The first-order chi connectivity index (χ1) is 10.7. The second-order valence-electron chi connectivity index (χ2n) is 4.58. The molecule has 3 aromatic rings. The van der Waals surface area contributed by atoms with Gasteiger partial charge in [-0.3, -0.25) is 10.1 Å². The average Bonchev–Trinajstić information content (AvgIpc) is 3.16. The van der Waals surface area contributed by atoms with Crippen molar-refractivity contribution in [1.82, 2.24) is 25.0 Å². The molecule has 0 unspecified atom stereocenters. The highest BCUT2D eigenvalue weighted by molar-refractivity contribution is 6.03. The number of nitrogens with one attached hydrogen (secondary N) is 2. The Kier molecular flexibility index (Phi) is 3.57. The fourth-order valence-electron chi connectivity index (χ4n) is 2.12. The lowest BCUT2D eigenvalue weighted by Crippen LogP contribution is -2.14. The molecule has 2 aromatic heterocycles. The Morgan fingerprint density at radius 1 is 1.41 bits per heavy atom. The van der Waals surface area contributed by atoms with Crippen LogP contribution in [0.2, 0.25) is 0 Å². The number of aromatic hydroxyl groups is 1. The van der Waals surface area contributed by atoms with Gasteiger partial charge in [0.2, 0.25) is 5.95 Å². The molecule has 1 aromatic carbocycles. The summed E-state index contributed by atoms with van der Waals surface area (Å²) in [6.45, 7) is 2.03. The maximum Gasteiger partial charge on any atom is 0.282 e. The average molecular weight is 298 g/mol. The van der Waals surface area contributed by atoms with Crippen molar-refractivity contribution in [1.29, 1.82) is 0 Å². The third kappa shape index (κ3) is 2.53. The monoisotopic (exact) mass is 298 g/mol. The molecule has 0 aliphatic heterocycles. The summed E-state index contributed by atoms with van der Waals surface area (Å²) in [6.07, 6.45) is 3.49. The largest absolute Gasteiger partial charge is 0.504 e. The number of benzene rings is 1. The van der Waals surface area contributed by atoms with E-state index in [2.05, 4.69) is 25.6 Å². The number of aromatic nitrogens is 5. The quantitative estimate of drug-likeness (QED) is 0.676. The lowest BCUT2D eigenvalue weighted by Gasteiger charge is -2.06. The fraction of sp³-hybridized carbons (Fsp3) is 0.143. The molecular formula is C14H14N6O2. The van der Waals surface area contributed by atoms with E-state index in [1.807, 2.05) is 31.2 Å². The van der Waals surface area contributed by atoms with Crippen molar-refractivity contribution in [2.75, 3.05) is 5.32 Å². The molecule has 8 nitrogen and oxygen atoms in total. The van der Waals surface area contributed by atoms with E-state index in [0.29, 0.717) is 0 Å². The number of amides is 1. The number of nitrogens with zero attached hydrogens (tertiary/aromatic N) is 4. The number of aromatic amines is 1. The van der Waals surface area contributed by atoms with E-state index in [9.17, 15) is 9.90 Å². The number of rotatable bonds is 4. The molecule has 0 saturated heterocycles. The molecule has 22 heavy (non-hydrogen) atoms. The van der Waals surface area contributed by atoms with E-state index < -0.39 is 5.91 Å². The van der Waals surface area contributed by atoms with Crippen molar-refractivity contribution >= 4 is 11.9 Å². The van der Waals surface area contributed by atoms with E-state index in [0.717, 1.165) is 17.7 Å². The Balaban J connectivity index is 1.92. The van der Waals surface area contributed by atoms with Crippen molar-refractivity contribution in [2.45, 2.75) is 13.3 Å². The first-order valence-electron chi connectivity index (χ1n) is 6.72. The number of hydrogen-bond donors (Lipinski definition) is 3. The molecule has 0 fully saturated rings. The third-order valence-electron chi connectivity index (χ3n) is 3.18. The summed E-state index contributed by atoms with van der Waals surface area (Å²) in [5, 5.41) is 22.7. The zero-order chi connectivity index (χ0) is 15.5. The lowest BCUT2D eigenvalue weighted by atomic mass is 10.1. The van der Waals surface area contributed by atoms with Crippen LogP contribution in [-0.2, 0) is 6.42 Å². The Morgan fingerprint density at radius 2 is 2.23 bits per heavy atom. The first kappa shape index (κ1) is 13.8. The zero-order valence-corrected chi connectivity index (χ0v) is 11.8. The summed E-state index contributed by atoms with van der Waals surface area (Å²) >= 11 is 0. The van der Waals surface area contributed by atoms with Gasteiger partial charge in [-0.05, 0) is 18.1 Å². The standard InChI is InChI=1S/C14H14N6O2/c1-2-9-5-3-4-6-10(9)20-7-11(21)12(19-20)13(22)17-14-15-8-16-18-14/h3-8,21H,2H2,1H3,(H2,15,16,17,18,22).